The van der Waals surface area contributed by atoms with Crippen LogP contribution in [0.3, 0.4) is 0 Å². The summed E-state index contributed by atoms with van der Waals surface area (Å²) in [5.74, 6) is 0.803. The van der Waals surface area contributed by atoms with E-state index in [0.29, 0.717) is 0 Å². The summed E-state index contributed by atoms with van der Waals surface area (Å²) in [6, 6.07) is 17.4. The average Bonchev–Trinajstić information content (AvgIpc) is 3.50. The Morgan fingerprint density at radius 3 is 2.76 bits per heavy atom. The third kappa shape index (κ3) is 4.10. The van der Waals surface area contributed by atoms with Crippen molar-refractivity contribution in [1.82, 2.24) is 24.6 Å². The molecule has 0 aliphatic carbocycles. The van der Waals surface area contributed by atoms with E-state index in [1.54, 1.807) is 12.7 Å². The predicted octanol–water partition coefficient (Wildman–Crippen LogP) is 4.25. The van der Waals surface area contributed by atoms with Gasteiger partial charge in [-0.2, -0.15) is 0 Å². The number of aromatic amines is 1. The summed E-state index contributed by atoms with van der Waals surface area (Å²) in [5.41, 5.74) is 5.17. The van der Waals surface area contributed by atoms with Crippen molar-refractivity contribution in [3.8, 4) is 5.69 Å². The SMILES string of the molecule is c1ccc(CC2CCN(CCCc3c[nH]c4ccc(-n5cnnc5)cc34)C2)cc1. The fourth-order valence-corrected chi connectivity index (χ4v) is 4.59. The van der Waals surface area contributed by atoms with E-state index in [2.05, 4.69) is 74.8 Å². The Morgan fingerprint density at radius 2 is 1.90 bits per heavy atom. The largest absolute Gasteiger partial charge is 0.361 e. The summed E-state index contributed by atoms with van der Waals surface area (Å²) in [5, 5.41) is 9.13. The zero-order chi connectivity index (χ0) is 19.5. The Hall–Kier alpha value is -2.92. The lowest BCUT2D eigenvalue weighted by Crippen LogP contribution is -2.22. The molecule has 5 rings (SSSR count). The number of hydrogen-bond acceptors (Lipinski definition) is 3. The first kappa shape index (κ1) is 18.1. The van der Waals surface area contributed by atoms with Crippen molar-refractivity contribution in [2.75, 3.05) is 19.6 Å². The maximum Gasteiger partial charge on any atom is 0.123 e. The minimum atomic E-state index is 0.803. The van der Waals surface area contributed by atoms with Gasteiger partial charge in [0, 0.05) is 29.3 Å². The van der Waals surface area contributed by atoms with Gasteiger partial charge in [-0.1, -0.05) is 30.3 Å². The minimum absolute atomic E-state index is 0.803. The summed E-state index contributed by atoms with van der Waals surface area (Å²) in [6.07, 6.45) is 10.5. The second-order valence-corrected chi connectivity index (χ2v) is 8.16. The molecule has 1 aliphatic heterocycles. The van der Waals surface area contributed by atoms with Crippen molar-refractivity contribution in [3.63, 3.8) is 0 Å². The Kier molecular flexibility index (Phi) is 5.13. The molecule has 0 spiro atoms. The molecule has 2 aromatic heterocycles. The molecule has 2 aromatic carbocycles. The zero-order valence-corrected chi connectivity index (χ0v) is 16.7. The molecule has 0 radical (unpaired) electrons. The monoisotopic (exact) mass is 385 g/mol. The Balaban J connectivity index is 1.17. The number of nitrogens with zero attached hydrogens (tertiary/aromatic N) is 4. The molecule has 29 heavy (non-hydrogen) atoms. The summed E-state index contributed by atoms with van der Waals surface area (Å²) in [4.78, 5) is 6.06. The van der Waals surface area contributed by atoms with E-state index in [1.165, 1.54) is 60.9 Å². The van der Waals surface area contributed by atoms with Crippen molar-refractivity contribution in [3.05, 3.63) is 78.5 Å². The second-order valence-electron chi connectivity index (χ2n) is 8.16. The maximum absolute atomic E-state index is 3.91. The molecule has 1 fully saturated rings. The number of fused-ring (bicyclic) bond motifs is 1. The van der Waals surface area contributed by atoms with Crippen LogP contribution >= 0.6 is 0 Å². The van der Waals surface area contributed by atoms with Gasteiger partial charge in [-0.05, 0) is 74.0 Å². The highest BCUT2D eigenvalue weighted by atomic mass is 15.2. The molecule has 1 saturated heterocycles. The van der Waals surface area contributed by atoms with Gasteiger partial charge in [0.05, 0.1) is 0 Å². The number of aromatic nitrogens is 4. The molecule has 1 unspecified atom stereocenters. The van der Waals surface area contributed by atoms with Crippen LogP contribution in [-0.2, 0) is 12.8 Å². The molecular formula is C24H27N5. The Morgan fingerprint density at radius 1 is 1.03 bits per heavy atom. The maximum atomic E-state index is 3.91. The third-order valence-corrected chi connectivity index (χ3v) is 6.13. The van der Waals surface area contributed by atoms with E-state index in [1.807, 2.05) is 4.57 Å². The molecular weight excluding hydrogens is 358 g/mol. The molecule has 0 bridgehead atoms. The third-order valence-electron chi connectivity index (χ3n) is 6.13. The number of nitrogens with one attached hydrogen (secondary N) is 1. The number of rotatable bonds is 7. The number of benzene rings is 2. The molecule has 5 nitrogen and oxygen atoms in total. The van der Waals surface area contributed by atoms with Crippen molar-refractivity contribution < 1.29 is 0 Å². The average molecular weight is 386 g/mol. The van der Waals surface area contributed by atoms with Crippen molar-refractivity contribution in [2.24, 2.45) is 5.92 Å². The molecule has 0 saturated carbocycles. The minimum Gasteiger partial charge on any atom is -0.361 e. The molecule has 0 amide bonds. The van der Waals surface area contributed by atoms with Crippen LogP contribution < -0.4 is 0 Å². The van der Waals surface area contributed by atoms with Gasteiger partial charge in [0.15, 0.2) is 0 Å². The normalized spacial score (nSPS) is 17.3. The molecule has 5 heteroatoms. The lowest BCUT2D eigenvalue weighted by molar-refractivity contribution is 0.319. The van der Waals surface area contributed by atoms with Crippen LogP contribution in [0.15, 0.2) is 67.4 Å². The van der Waals surface area contributed by atoms with Crippen LogP contribution in [0.1, 0.15) is 24.0 Å². The van der Waals surface area contributed by atoms with E-state index in [9.17, 15) is 0 Å². The Labute approximate surface area is 171 Å². The smallest absolute Gasteiger partial charge is 0.123 e. The van der Waals surface area contributed by atoms with Crippen molar-refractivity contribution in [2.45, 2.75) is 25.7 Å². The summed E-state index contributed by atoms with van der Waals surface area (Å²) in [7, 11) is 0. The lowest BCUT2D eigenvalue weighted by Gasteiger charge is -2.16. The van der Waals surface area contributed by atoms with Crippen LogP contribution in [0, 0.1) is 5.92 Å². The van der Waals surface area contributed by atoms with Gasteiger partial charge >= 0.3 is 0 Å². The molecule has 1 N–H and O–H groups in total. The van der Waals surface area contributed by atoms with Gasteiger partial charge in [-0.3, -0.25) is 4.57 Å². The van der Waals surface area contributed by atoms with Crippen LogP contribution in [-0.4, -0.2) is 44.3 Å². The molecule has 4 aromatic rings. The summed E-state index contributed by atoms with van der Waals surface area (Å²) in [6.45, 7) is 3.66. The highest BCUT2D eigenvalue weighted by Crippen LogP contribution is 2.24. The summed E-state index contributed by atoms with van der Waals surface area (Å²) >= 11 is 0. The number of H-pyrrole nitrogens is 1. The van der Waals surface area contributed by atoms with E-state index in [4.69, 9.17) is 0 Å². The van der Waals surface area contributed by atoms with E-state index < -0.39 is 0 Å². The van der Waals surface area contributed by atoms with Crippen LogP contribution in [0.5, 0.6) is 0 Å². The van der Waals surface area contributed by atoms with Gasteiger partial charge in [-0.25, -0.2) is 0 Å². The standard InChI is InChI=1S/C24H27N5/c1-2-5-19(6-3-1)13-20-10-12-28(16-20)11-4-7-21-15-25-24-9-8-22(14-23(21)24)29-17-26-27-18-29/h1-3,5-6,8-9,14-15,17-18,20,25H,4,7,10-13,16H2. The fraction of sp³-hybridized carbons (Fsp3) is 0.333. The zero-order valence-electron chi connectivity index (χ0n) is 16.7. The first-order chi connectivity index (χ1) is 14.3. The lowest BCUT2D eigenvalue weighted by atomic mass is 9.99. The Bertz CT molecular complexity index is 1050. The fourth-order valence-electron chi connectivity index (χ4n) is 4.59. The molecule has 1 aliphatic rings. The highest BCUT2D eigenvalue weighted by molar-refractivity contribution is 5.85. The van der Waals surface area contributed by atoms with Gasteiger partial charge in [0.1, 0.15) is 12.7 Å². The van der Waals surface area contributed by atoms with Gasteiger partial charge < -0.3 is 9.88 Å². The van der Waals surface area contributed by atoms with Crippen molar-refractivity contribution >= 4 is 10.9 Å². The number of likely N-dealkylation sites (tertiary alicyclic amines) is 1. The molecule has 3 heterocycles. The van der Waals surface area contributed by atoms with Crippen molar-refractivity contribution in [1.29, 1.82) is 0 Å². The van der Waals surface area contributed by atoms with Crippen LogP contribution in [0.4, 0.5) is 0 Å². The van der Waals surface area contributed by atoms with Gasteiger partial charge in [0.2, 0.25) is 0 Å². The number of hydrogen-bond donors (Lipinski definition) is 1. The first-order valence-corrected chi connectivity index (χ1v) is 10.6. The predicted molar refractivity (Wildman–Crippen MR) is 116 cm³/mol. The quantitative estimate of drug-likeness (QED) is 0.517. The van der Waals surface area contributed by atoms with Crippen LogP contribution in [0.25, 0.3) is 16.6 Å². The van der Waals surface area contributed by atoms with E-state index >= 15 is 0 Å². The first-order valence-electron chi connectivity index (χ1n) is 10.6. The number of aryl methyl sites for hydroxylation is 1. The topological polar surface area (TPSA) is 49.7 Å². The molecule has 148 valence electrons. The highest BCUT2D eigenvalue weighted by Gasteiger charge is 2.22. The van der Waals surface area contributed by atoms with Gasteiger partial charge in [-0.15, -0.1) is 10.2 Å². The van der Waals surface area contributed by atoms with E-state index in [-0.39, 0.29) is 0 Å². The second kappa shape index (κ2) is 8.21. The van der Waals surface area contributed by atoms with Crippen LogP contribution in [0.2, 0.25) is 0 Å². The van der Waals surface area contributed by atoms with E-state index in [0.717, 1.165) is 18.0 Å². The molecule has 1 atom stereocenters. The summed E-state index contributed by atoms with van der Waals surface area (Å²) < 4.78 is 1.95. The van der Waals surface area contributed by atoms with Gasteiger partial charge in [0.25, 0.3) is 0 Å².